The molecule has 4 aliphatic heterocycles. The molecule has 21 heteroatoms. The molecule has 0 aliphatic carbocycles. The van der Waals surface area contributed by atoms with E-state index in [0.29, 0.717) is 0 Å². The third kappa shape index (κ3) is 8.35. The zero-order valence-electron chi connectivity index (χ0n) is 24.1. The van der Waals surface area contributed by atoms with E-state index in [2.05, 4.69) is 0 Å². The number of aliphatic hydroxyl groups excluding tert-OH is 12. The van der Waals surface area contributed by atoms with E-state index < -0.39 is 150 Å². The third-order valence-electron chi connectivity index (χ3n) is 8.04. The lowest BCUT2D eigenvalue weighted by atomic mass is 10.1. The van der Waals surface area contributed by atoms with Crippen molar-refractivity contribution >= 4 is 6.29 Å². The van der Waals surface area contributed by atoms with E-state index in [1.807, 2.05) is 0 Å². The highest BCUT2D eigenvalue weighted by Crippen LogP contribution is 2.29. The van der Waals surface area contributed by atoms with E-state index in [4.69, 9.17) is 43.0 Å². The van der Waals surface area contributed by atoms with Gasteiger partial charge >= 0.3 is 0 Å². The molecule has 4 rings (SSSR count). The lowest BCUT2D eigenvalue weighted by molar-refractivity contribution is -0.226. The molecule has 0 radical (unpaired) electrons. The van der Waals surface area contributed by atoms with Gasteiger partial charge in [-0.25, -0.2) is 0 Å². The number of hydrogen-bond acceptors (Lipinski definition) is 21. The number of carbonyl (C=O) groups is 1. The molecule has 0 aromatic carbocycles. The van der Waals surface area contributed by atoms with Gasteiger partial charge in [0, 0.05) is 0 Å². The second-order valence-electron chi connectivity index (χ2n) is 11.3. The average molecular weight is 679 g/mol. The van der Waals surface area contributed by atoms with E-state index in [-0.39, 0.29) is 6.29 Å². The summed E-state index contributed by atoms with van der Waals surface area (Å²) in [6.45, 7) is -2.65. The SMILES string of the molecule is O=C[C@H](O)[C@@H](O)[C@@H](O)CO[C@@H]1O[C@@H](CO[C@@H]2O[C@@H](CO[C@@H]3O[C@@H](CO[C@@H]4O[C@@H](CO)[C@H](O)[C@H]4O)[C@H](O)[C@H]3O)[C@H](O)[C@H]2O)[C@H](O)[C@H]1O. The monoisotopic (exact) mass is 678 g/mol. The van der Waals surface area contributed by atoms with Crippen LogP contribution in [0.2, 0.25) is 0 Å². The van der Waals surface area contributed by atoms with Gasteiger partial charge in [-0.3, -0.25) is 0 Å². The molecule has 0 bridgehead atoms. The summed E-state index contributed by atoms with van der Waals surface area (Å²) >= 11 is 0. The van der Waals surface area contributed by atoms with Crippen LogP contribution in [-0.2, 0) is 42.7 Å². The molecule has 0 aromatic heterocycles. The predicted molar refractivity (Wildman–Crippen MR) is 138 cm³/mol. The molecule has 0 unspecified atom stereocenters. The van der Waals surface area contributed by atoms with E-state index >= 15 is 0 Å². The summed E-state index contributed by atoms with van der Waals surface area (Å²) in [5.41, 5.74) is 0. The molecule has 46 heavy (non-hydrogen) atoms. The first-order valence-electron chi connectivity index (χ1n) is 14.4. The van der Waals surface area contributed by atoms with Crippen molar-refractivity contribution in [2.75, 3.05) is 33.0 Å². The largest absolute Gasteiger partial charge is 0.394 e. The number of aldehydes is 1. The summed E-state index contributed by atoms with van der Waals surface area (Å²) in [7, 11) is 0. The maximum Gasteiger partial charge on any atom is 0.186 e. The molecule has 0 spiro atoms. The van der Waals surface area contributed by atoms with Crippen LogP contribution in [-0.4, -0.2) is 217 Å². The van der Waals surface area contributed by atoms with Crippen LogP contribution in [0.4, 0.5) is 0 Å². The molecule has 268 valence electrons. The minimum absolute atomic E-state index is 0.00509. The van der Waals surface area contributed by atoms with Crippen molar-refractivity contribution in [3.05, 3.63) is 0 Å². The summed E-state index contributed by atoms with van der Waals surface area (Å²) in [5.74, 6) is 0. The third-order valence-corrected chi connectivity index (χ3v) is 8.04. The van der Waals surface area contributed by atoms with Crippen LogP contribution >= 0.6 is 0 Å². The second-order valence-corrected chi connectivity index (χ2v) is 11.3. The Balaban J connectivity index is 1.19. The van der Waals surface area contributed by atoms with Crippen molar-refractivity contribution in [2.24, 2.45) is 0 Å². The molecule has 4 heterocycles. The van der Waals surface area contributed by atoms with Crippen LogP contribution in [0.15, 0.2) is 0 Å². The van der Waals surface area contributed by atoms with Gasteiger partial charge in [-0.2, -0.15) is 0 Å². The summed E-state index contributed by atoms with van der Waals surface area (Å²) in [6, 6.07) is 0. The van der Waals surface area contributed by atoms with Crippen LogP contribution in [0.25, 0.3) is 0 Å². The Morgan fingerprint density at radius 1 is 0.522 bits per heavy atom. The van der Waals surface area contributed by atoms with Gasteiger partial charge in [0.15, 0.2) is 31.4 Å². The van der Waals surface area contributed by atoms with Crippen LogP contribution < -0.4 is 0 Å². The zero-order chi connectivity index (χ0) is 33.9. The highest BCUT2D eigenvalue weighted by atomic mass is 16.8. The summed E-state index contributed by atoms with van der Waals surface area (Å²) in [6.07, 6.45) is -28.4. The van der Waals surface area contributed by atoms with Gasteiger partial charge < -0.3 is 104 Å². The Labute approximate surface area is 260 Å². The second kappa shape index (κ2) is 16.5. The Kier molecular flexibility index (Phi) is 13.5. The highest BCUT2D eigenvalue weighted by molar-refractivity contribution is 5.56. The van der Waals surface area contributed by atoms with Gasteiger partial charge in [0.1, 0.15) is 91.6 Å². The van der Waals surface area contributed by atoms with Gasteiger partial charge in [-0.05, 0) is 0 Å². The van der Waals surface area contributed by atoms with Crippen LogP contribution in [0.1, 0.15) is 0 Å². The van der Waals surface area contributed by atoms with Gasteiger partial charge in [-0.1, -0.05) is 0 Å². The molecular weight excluding hydrogens is 636 g/mol. The average Bonchev–Trinajstić information content (AvgIpc) is 3.69. The maximum absolute atomic E-state index is 10.5. The van der Waals surface area contributed by atoms with Gasteiger partial charge in [0.05, 0.1) is 33.0 Å². The molecule has 12 N–H and O–H groups in total. The first-order valence-corrected chi connectivity index (χ1v) is 14.4. The Hall–Kier alpha value is -1.13. The smallest absolute Gasteiger partial charge is 0.186 e. The predicted octanol–water partition coefficient (Wildman–Crippen LogP) is -8.89. The Bertz CT molecular complexity index is 947. The Morgan fingerprint density at radius 3 is 1.17 bits per heavy atom. The molecule has 0 amide bonds. The minimum atomic E-state index is -1.88. The molecule has 19 atom stereocenters. The molecule has 21 nitrogen and oxygen atoms in total. The zero-order valence-corrected chi connectivity index (χ0v) is 24.1. The van der Waals surface area contributed by atoms with Gasteiger partial charge in [-0.15, -0.1) is 0 Å². The molecule has 0 aromatic rings. The topological polar surface area (TPSA) is 334 Å². The normalized spacial score (nSPS) is 46.5. The molecular formula is C25H42O21. The first-order chi connectivity index (χ1) is 21.8. The highest BCUT2D eigenvalue weighted by Gasteiger charge is 2.50. The quantitative estimate of drug-likeness (QED) is 0.0674. The molecule has 4 aliphatic rings. The summed E-state index contributed by atoms with van der Waals surface area (Å²) < 4.78 is 42.8. The fraction of sp³-hybridized carbons (Fsp3) is 0.960. The fourth-order valence-corrected chi connectivity index (χ4v) is 5.14. The van der Waals surface area contributed by atoms with Crippen LogP contribution in [0, 0.1) is 0 Å². The van der Waals surface area contributed by atoms with E-state index in [9.17, 15) is 61.0 Å². The lowest BCUT2D eigenvalue weighted by Gasteiger charge is -2.22. The first kappa shape index (κ1) is 37.7. The molecule has 4 fully saturated rings. The number of aliphatic hydroxyl groups is 12. The van der Waals surface area contributed by atoms with Crippen molar-refractivity contribution in [1.29, 1.82) is 0 Å². The Morgan fingerprint density at radius 2 is 0.848 bits per heavy atom. The van der Waals surface area contributed by atoms with Crippen molar-refractivity contribution < 1.29 is 104 Å². The fourth-order valence-electron chi connectivity index (χ4n) is 5.14. The van der Waals surface area contributed by atoms with E-state index in [1.165, 1.54) is 0 Å². The molecule has 4 saturated heterocycles. The van der Waals surface area contributed by atoms with Crippen molar-refractivity contribution in [2.45, 2.75) is 117 Å². The van der Waals surface area contributed by atoms with Gasteiger partial charge in [0.2, 0.25) is 0 Å². The van der Waals surface area contributed by atoms with E-state index in [0.717, 1.165) is 0 Å². The standard InChI is InChI=1S/C25H42O21/c26-1-7(28)13(30)8(29)3-39-22-19(36)15(32)10(44-22)5-41-24-21(38)17(34)12(46-24)6-42-25-20(37)16(33)11(45-25)4-40-23-18(35)14(31)9(2-27)43-23/h1,7-25,27-38H,2-6H2/t7-,8-,9-,10-,11-,12-,13+,14-,15-,16-,17-,18+,19+,20+,21+,22+,23+,24+,25+/m0/s1. The van der Waals surface area contributed by atoms with Crippen LogP contribution in [0.5, 0.6) is 0 Å². The van der Waals surface area contributed by atoms with Crippen LogP contribution in [0.3, 0.4) is 0 Å². The summed E-state index contributed by atoms with van der Waals surface area (Å²) in [4.78, 5) is 10.5. The number of ether oxygens (including phenoxy) is 8. The molecule has 0 saturated carbocycles. The van der Waals surface area contributed by atoms with Crippen molar-refractivity contribution in [3.8, 4) is 0 Å². The van der Waals surface area contributed by atoms with E-state index in [1.54, 1.807) is 0 Å². The lowest BCUT2D eigenvalue weighted by Crippen LogP contribution is -2.42. The summed E-state index contributed by atoms with van der Waals surface area (Å²) in [5, 5.41) is 120. The van der Waals surface area contributed by atoms with Crippen molar-refractivity contribution in [3.63, 3.8) is 0 Å². The number of rotatable bonds is 16. The van der Waals surface area contributed by atoms with Gasteiger partial charge in [0.25, 0.3) is 0 Å². The minimum Gasteiger partial charge on any atom is -0.394 e. The van der Waals surface area contributed by atoms with Crippen molar-refractivity contribution in [1.82, 2.24) is 0 Å². The maximum atomic E-state index is 10.5. The number of hydrogen-bond donors (Lipinski definition) is 12. The number of carbonyl (C=O) groups excluding carboxylic acids is 1.